The molecule has 8 aromatic carbocycles. The van der Waals surface area contributed by atoms with Crippen LogP contribution in [0.5, 0.6) is 0 Å². The van der Waals surface area contributed by atoms with Crippen LogP contribution in [0.15, 0.2) is 158 Å². The third-order valence-corrected chi connectivity index (χ3v) is 17.2. The third-order valence-electron chi connectivity index (χ3n) is 11.2. The Balaban J connectivity index is 1.52. The van der Waals surface area contributed by atoms with Crippen molar-refractivity contribution in [1.29, 1.82) is 0 Å². The van der Waals surface area contributed by atoms with Crippen molar-refractivity contribution in [3.05, 3.63) is 168 Å². The fourth-order valence-electron chi connectivity index (χ4n) is 7.96. The van der Waals surface area contributed by atoms with Crippen molar-refractivity contribution < 1.29 is 0 Å². The van der Waals surface area contributed by atoms with E-state index in [4.69, 9.17) is 23.2 Å². The summed E-state index contributed by atoms with van der Waals surface area (Å²) in [4.78, 5) is 8.60. The second kappa shape index (κ2) is 17.5. The maximum Gasteiger partial charge on any atom is 0.0688 e. The lowest BCUT2D eigenvalue weighted by atomic mass is 9.93. The van der Waals surface area contributed by atoms with Gasteiger partial charge in [-0.15, -0.1) is 0 Å². The zero-order valence-electron chi connectivity index (χ0n) is 35.5. The lowest BCUT2D eigenvalue weighted by Gasteiger charge is -2.30. The average Bonchev–Trinajstić information content (AvgIpc) is 3.26. The van der Waals surface area contributed by atoms with E-state index in [2.05, 4.69) is 234 Å². The van der Waals surface area contributed by atoms with Gasteiger partial charge in [-0.2, -0.15) is 0 Å². The van der Waals surface area contributed by atoms with Crippen LogP contribution in [0.4, 0.5) is 22.7 Å². The van der Waals surface area contributed by atoms with Gasteiger partial charge in [0.25, 0.3) is 0 Å². The molecule has 8 rings (SSSR count). The Morgan fingerprint density at radius 3 is 1.12 bits per heavy atom. The summed E-state index contributed by atoms with van der Waals surface area (Å²) < 4.78 is 0. The normalized spacial score (nSPS) is 11.5. The lowest BCUT2D eigenvalue weighted by Crippen LogP contribution is -2.27. The smallest absolute Gasteiger partial charge is 0.0688 e. The molecule has 0 aliphatic carbocycles. The van der Waals surface area contributed by atoms with Crippen LogP contribution in [-0.2, 0) is 0 Å². The number of hydrogen-bond donors (Lipinski definition) is 0. The summed E-state index contributed by atoms with van der Waals surface area (Å²) in [6.45, 7) is 0. The van der Waals surface area contributed by atoms with Gasteiger partial charge in [0.05, 0.1) is 10.0 Å². The largest absolute Gasteiger partial charge is 0.378 e. The highest BCUT2D eigenvalue weighted by molar-refractivity contribution is 7.81. The van der Waals surface area contributed by atoms with Gasteiger partial charge in [-0.1, -0.05) is 132 Å². The lowest BCUT2D eigenvalue weighted by molar-refractivity contribution is 1.13. The molecular weight excluding hydrogens is 813 g/mol. The quantitative estimate of drug-likeness (QED) is 0.120. The summed E-state index contributed by atoms with van der Waals surface area (Å²) in [5.74, 6) is 0. The predicted octanol–water partition coefficient (Wildman–Crippen LogP) is 10.7. The Bertz CT molecular complexity index is 2680. The van der Waals surface area contributed by atoms with Gasteiger partial charge < -0.3 is 19.6 Å². The van der Waals surface area contributed by atoms with Gasteiger partial charge in [-0.3, -0.25) is 0 Å². The maximum absolute atomic E-state index is 7.86. The van der Waals surface area contributed by atoms with E-state index in [1.807, 2.05) is 0 Å². The summed E-state index contributed by atoms with van der Waals surface area (Å²) in [5.41, 5.74) is 6.94. The molecule has 0 unspecified atom stereocenters. The molecule has 0 aliphatic heterocycles. The monoisotopic (exact) mass is 862 g/mol. The van der Waals surface area contributed by atoms with Gasteiger partial charge >= 0.3 is 0 Å². The van der Waals surface area contributed by atoms with E-state index in [0.29, 0.717) is 10.0 Å². The van der Waals surface area contributed by atoms with Crippen molar-refractivity contribution in [2.45, 2.75) is 0 Å². The molecule has 0 bridgehead atoms. The van der Waals surface area contributed by atoms with Crippen LogP contribution in [0.3, 0.4) is 0 Å². The molecule has 8 heteroatoms. The predicted molar refractivity (Wildman–Crippen MR) is 272 cm³/mol. The van der Waals surface area contributed by atoms with Crippen LogP contribution >= 0.6 is 39.0 Å². The first-order valence-corrected chi connectivity index (χ1v) is 23.5. The summed E-state index contributed by atoms with van der Waals surface area (Å²) >= 11 is 15.4. The molecule has 0 saturated heterocycles. The fraction of sp³-hybridized carbons (Fsp3) is 0.154. The molecule has 0 spiro atoms. The van der Waals surface area contributed by atoms with E-state index < -0.39 is 15.8 Å². The Morgan fingerprint density at radius 2 is 0.700 bits per heavy atom. The fourth-order valence-corrected chi connectivity index (χ4v) is 13.6. The molecule has 0 amide bonds. The molecular formula is C52H50Cl2N4P2. The van der Waals surface area contributed by atoms with Crippen LogP contribution in [0.1, 0.15) is 0 Å². The maximum atomic E-state index is 7.86. The number of halogens is 2. The number of fused-ring (bicyclic) bond motifs is 2. The minimum Gasteiger partial charge on any atom is -0.378 e. The zero-order valence-corrected chi connectivity index (χ0v) is 38.8. The van der Waals surface area contributed by atoms with E-state index in [-0.39, 0.29) is 0 Å². The second-order valence-electron chi connectivity index (χ2n) is 15.9. The number of rotatable bonds is 11. The molecule has 0 fully saturated rings. The van der Waals surface area contributed by atoms with Crippen LogP contribution in [-0.4, -0.2) is 56.4 Å². The highest BCUT2D eigenvalue weighted by Gasteiger charge is 2.32. The first kappa shape index (κ1) is 41.6. The molecule has 8 aromatic rings. The van der Waals surface area contributed by atoms with Crippen molar-refractivity contribution in [2.24, 2.45) is 0 Å². The SMILES string of the molecule is CN(C)c1ccc(P(c2ccc(N(C)C)cc2)c2ccc3ccccc3c2-c2c(P(c3ccc(N(C)C)cc3)c3ccc(N(C)C)cc3)c(Cl)c(Cl)c3ccccc23)cc1. The number of nitrogens with zero attached hydrogens (tertiary/aromatic N) is 4. The Kier molecular flexibility index (Phi) is 12.1. The van der Waals surface area contributed by atoms with Gasteiger partial charge in [0.2, 0.25) is 0 Å². The van der Waals surface area contributed by atoms with Gasteiger partial charge in [0, 0.05) is 95.4 Å². The van der Waals surface area contributed by atoms with Crippen molar-refractivity contribution in [1.82, 2.24) is 0 Å². The second-order valence-corrected chi connectivity index (χ2v) is 21.0. The van der Waals surface area contributed by atoms with E-state index in [1.54, 1.807) is 0 Å². The Morgan fingerprint density at radius 1 is 0.333 bits per heavy atom. The molecule has 302 valence electrons. The van der Waals surface area contributed by atoms with Crippen LogP contribution in [0.2, 0.25) is 10.0 Å². The van der Waals surface area contributed by atoms with Gasteiger partial charge in [0.1, 0.15) is 0 Å². The van der Waals surface area contributed by atoms with Crippen molar-refractivity contribution in [3.63, 3.8) is 0 Å². The van der Waals surface area contributed by atoms with Gasteiger partial charge in [-0.25, -0.2) is 0 Å². The first-order valence-electron chi connectivity index (χ1n) is 20.0. The molecule has 0 N–H and O–H groups in total. The summed E-state index contributed by atoms with van der Waals surface area (Å²) in [7, 11) is 14.4. The Hall–Kier alpha value is -5.08. The Labute approximate surface area is 368 Å². The molecule has 0 aromatic heterocycles. The minimum atomic E-state index is -1.24. The van der Waals surface area contributed by atoms with Crippen molar-refractivity contribution in [3.8, 4) is 11.1 Å². The van der Waals surface area contributed by atoms with E-state index in [9.17, 15) is 0 Å². The molecule has 0 aliphatic rings. The summed E-state index contributed by atoms with van der Waals surface area (Å²) in [5, 5.41) is 12.8. The molecule has 0 heterocycles. The van der Waals surface area contributed by atoms with Crippen LogP contribution in [0.25, 0.3) is 32.7 Å². The molecule has 4 nitrogen and oxygen atoms in total. The molecule has 60 heavy (non-hydrogen) atoms. The van der Waals surface area contributed by atoms with Crippen LogP contribution in [0, 0.1) is 0 Å². The molecule has 0 saturated carbocycles. The average molecular weight is 864 g/mol. The van der Waals surface area contributed by atoms with E-state index in [1.165, 1.54) is 54.2 Å². The van der Waals surface area contributed by atoms with Crippen molar-refractivity contribution >= 4 is 115 Å². The number of hydrogen-bond acceptors (Lipinski definition) is 4. The first-order chi connectivity index (χ1) is 28.9. The highest BCUT2D eigenvalue weighted by Crippen LogP contribution is 2.50. The third kappa shape index (κ3) is 7.95. The topological polar surface area (TPSA) is 13.0 Å². The number of anilines is 4. The molecule has 0 atom stereocenters. The van der Waals surface area contributed by atoms with E-state index in [0.717, 1.165) is 33.0 Å². The standard InChI is InChI=1S/C52H50Cl2N4P2/c1-55(2)36-18-26-40(27-19-36)59(41-28-20-37(21-29-41)56(3)4)47-34-17-35-13-9-10-14-44(35)48(47)49-45-15-11-12-16-46(45)50(53)51(54)52(49)60(42-30-22-38(23-31-42)57(5)6)43-32-24-39(25-33-43)58(7)8/h9-34H,1-8H3. The summed E-state index contributed by atoms with van der Waals surface area (Å²) in [6.07, 6.45) is 0. The summed E-state index contributed by atoms with van der Waals surface area (Å²) in [6, 6.07) is 58.3. The minimum absolute atomic E-state index is 0.580. The zero-order chi connectivity index (χ0) is 42.2. The number of benzene rings is 8. The van der Waals surface area contributed by atoms with Gasteiger partial charge in [-0.05, 0) is 113 Å². The highest BCUT2D eigenvalue weighted by atomic mass is 35.5. The van der Waals surface area contributed by atoms with Crippen molar-refractivity contribution in [2.75, 3.05) is 76.0 Å². The van der Waals surface area contributed by atoms with E-state index >= 15 is 0 Å². The van der Waals surface area contributed by atoms with Gasteiger partial charge in [0.15, 0.2) is 0 Å². The molecule has 0 radical (unpaired) electrons. The van der Waals surface area contributed by atoms with Crippen LogP contribution < -0.4 is 51.4 Å².